The molecule has 1 fully saturated rings. The predicted molar refractivity (Wildman–Crippen MR) is 154 cm³/mol. The molecule has 0 aromatic heterocycles. The quantitative estimate of drug-likeness (QED) is 0.333. The average molecular weight is 519 g/mol. The first-order valence-corrected chi connectivity index (χ1v) is 13.1. The fourth-order valence-corrected chi connectivity index (χ4v) is 4.64. The number of nitrogens with zero attached hydrogens (tertiary/aromatic N) is 3. The van der Waals surface area contributed by atoms with Gasteiger partial charge >= 0.3 is 0 Å². The predicted octanol–water partition coefficient (Wildman–Crippen LogP) is 5.82. The average Bonchev–Trinajstić information content (AvgIpc) is 2.97. The second-order valence-electron chi connectivity index (χ2n) is 9.78. The van der Waals surface area contributed by atoms with Crippen LogP contribution in [0, 0.1) is 0 Å². The van der Waals surface area contributed by atoms with Crippen molar-refractivity contribution in [3.8, 4) is 17.2 Å². The zero-order valence-electron chi connectivity index (χ0n) is 21.8. The molecule has 0 unspecified atom stereocenters. The largest absolute Gasteiger partial charge is 0.489 e. The molecule has 6 rings (SSSR count). The molecule has 196 valence electrons. The number of ether oxygens (including phenoxy) is 2. The first-order valence-electron chi connectivity index (χ1n) is 13.1. The van der Waals surface area contributed by atoms with Gasteiger partial charge in [0.05, 0.1) is 5.69 Å². The van der Waals surface area contributed by atoms with E-state index in [9.17, 15) is 4.79 Å². The summed E-state index contributed by atoms with van der Waals surface area (Å²) >= 11 is 0. The van der Waals surface area contributed by atoms with Crippen molar-refractivity contribution >= 4 is 23.1 Å². The standard InChI is InChI=1S/C32H30N4O3/c1-35-17-19-36(20-18-35)25-9-7-24(8-10-25)32(37)34-31-29-16-15-28(21-30(29)33-31)39-27-13-11-26(12-14-27)38-22-23-5-3-2-4-6-23/h2-16,21H,17-20,22H2,1H3,(H,33,34,37). The number of carbonyl (C=O) groups is 1. The van der Waals surface area contributed by atoms with E-state index in [4.69, 9.17) is 9.47 Å². The van der Waals surface area contributed by atoms with Gasteiger partial charge in [-0.1, -0.05) is 30.3 Å². The van der Waals surface area contributed by atoms with Gasteiger partial charge in [-0.15, -0.1) is 0 Å². The molecule has 0 aliphatic carbocycles. The molecular weight excluding hydrogens is 488 g/mol. The minimum absolute atomic E-state index is 0.261. The molecule has 7 heteroatoms. The Bertz CT molecular complexity index is 1480. The topological polar surface area (TPSA) is 66.4 Å². The summed E-state index contributed by atoms with van der Waals surface area (Å²) in [5, 5.41) is 3.18. The minimum atomic E-state index is -0.261. The highest BCUT2D eigenvalue weighted by Gasteiger charge is 2.23. The zero-order valence-corrected chi connectivity index (χ0v) is 21.8. The molecular formula is C32H30N4O3. The van der Waals surface area contributed by atoms with Crippen molar-refractivity contribution in [1.29, 1.82) is 0 Å². The lowest BCUT2D eigenvalue weighted by atomic mass is 10.0. The number of hydrogen-bond acceptors (Lipinski definition) is 5. The van der Waals surface area contributed by atoms with Crippen LogP contribution in [0.1, 0.15) is 21.5 Å². The van der Waals surface area contributed by atoms with Crippen molar-refractivity contribution < 1.29 is 14.3 Å². The van der Waals surface area contributed by atoms with Crippen LogP contribution in [0.2, 0.25) is 0 Å². The molecule has 7 nitrogen and oxygen atoms in total. The second-order valence-corrected chi connectivity index (χ2v) is 9.78. The monoisotopic (exact) mass is 518 g/mol. The lowest BCUT2D eigenvalue weighted by Crippen LogP contribution is -2.44. The van der Waals surface area contributed by atoms with Crippen LogP contribution in [0.15, 0.2) is 102 Å². The van der Waals surface area contributed by atoms with Crippen LogP contribution >= 0.6 is 0 Å². The fourth-order valence-electron chi connectivity index (χ4n) is 4.64. The molecule has 4 aromatic rings. The van der Waals surface area contributed by atoms with E-state index in [0.29, 0.717) is 29.5 Å². The van der Waals surface area contributed by atoms with E-state index in [1.807, 2.05) is 97.1 Å². The molecule has 1 saturated heterocycles. The number of anilines is 2. The van der Waals surface area contributed by atoms with Gasteiger partial charge in [0.2, 0.25) is 0 Å². The number of aliphatic imine (C=N–C) groups is 1. The summed E-state index contributed by atoms with van der Waals surface area (Å²) < 4.78 is 11.9. The van der Waals surface area contributed by atoms with Crippen molar-refractivity contribution in [1.82, 2.24) is 4.90 Å². The zero-order chi connectivity index (χ0) is 26.6. The normalized spacial score (nSPS) is 15.7. The molecule has 1 amide bonds. The van der Waals surface area contributed by atoms with Gasteiger partial charge in [-0.25, -0.2) is 0 Å². The number of amidine groups is 1. The molecule has 0 bridgehead atoms. The number of nitrogens with one attached hydrogen (secondary N) is 1. The van der Waals surface area contributed by atoms with Crippen molar-refractivity contribution in [2.24, 2.45) is 4.99 Å². The number of benzene rings is 4. The van der Waals surface area contributed by atoms with E-state index in [-0.39, 0.29) is 5.91 Å². The van der Waals surface area contributed by atoms with Gasteiger partial charge in [0.1, 0.15) is 29.7 Å². The van der Waals surface area contributed by atoms with E-state index >= 15 is 0 Å². The van der Waals surface area contributed by atoms with E-state index in [2.05, 4.69) is 27.2 Å². The molecule has 0 spiro atoms. The van der Waals surface area contributed by atoms with Gasteiger partial charge < -0.3 is 24.6 Å². The molecule has 4 aromatic carbocycles. The number of carbonyl (C=O) groups excluding carboxylic acids is 1. The van der Waals surface area contributed by atoms with Crippen LogP contribution < -0.4 is 19.7 Å². The van der Waals surface area contributed by atoms with Crippen LogP contribution in [0.5, 0.6) is 17.2 Å². The Hall–Kier alpha value is -4.62. The number of piperazine rings is 1. The van der Waals surface area contributed by atoms with Gasteiger partial charge in [-0.3, -0.25) is 4.79 Å². The third-order valence-corrected chi connectivity index (χ3v) is 7.00. The second kappa shape index (κ2) is 11.0. The number of fused-ring (bicyclic) bond motifs is 1. The van der Waals surface area contributed by atoms with Crippen LogP contribution in [-0.4, -0.2) is 49.9 Å². The van der Waals surface area contributed by atoms with Crippen molar-refractivity contribution in [2.45, 2.75) is 6.61 Å². The summed E-state index contributed by atoms with van der Waals surface area (Å²) in [6, 6.07) is 31.0. The highest BCUT2D eigenvalue weighted by molar-refractivity contribution is 6.25. The van der Waals surface area contributed by atoms with Gasteiger partial charge in [0, 0.05) is 49.1 Å². The number of rotatable bonds is 7. The lowest BCUT2D eigenvalue weighted by molar-refractivity contribution is 0.100. The summed E-state index contributed by atoms with van der Waals surface area (Å²) in [6.07, 6.45) is 0. The van der Waals surface area contributed by atoms with Gasteiger partial charge in [0.25, 0.3) is 5.91 Å². The Morgan fingerprint density at radius 1 is 0.821 bits per heavy atom. The van der Waals surface area contributed by atoms with E-state index in [1.54, 1.807) is 0 Å². The molecule has 39 heavy (non-hydrogen) atoms. The van der Waals surface area contributed by atoms with Crippen molar-refractivity contribution in [3.05, 3.63) is 114 Å². The fraction of sp³-hybridized carbons (Fsp3) is 0.188. The highest BCUT2D eigenvalue weighted by Crippen LogP contribution is 2.33. The smallest absolute Gasteiger partial charge is 0.278 e. The SMILES string of the molecule is CN1CCN(c2ccc(C(=O)N=C3Nc4cc(Oc5ccc(OCc6ccccc6)cc5)ccc43)cc2)CC1. The van der Waals surface area contributed by atoms with Gasteiger partial charge in [-0.2, -0.15) is 4.99 Å². The van der Waals surface area contributed by atoms with Crippen LogP contribution in [-0.2, 0) is 6.61 Å². The first kappa shape index (κ1) is 24.7. The Kier molecular flexibility index (Phi) is 6.97. The van der Waals surface area contributed by atoms with Crippen LogP contribution in [0.3, 0.4) is 0 Å². The van der Waals surface area contributed by atoms with Gasteiger partial charge in [-0.05, 0) is 73.3 Å². The molecule has 2 aliphatic heterocycles. The summed E-state index contributed by atoms with van der Waals surface area (Å²) in [5.74, 6) is 2.51. The number of likely N-dealkylation sites (N-methyl/N-ethyl adjacent to an activating group) is 1. The lowest BCUT2D eigenvalue weighted by Gasteiger charge is -2.34. The molecule has 0 atom stereocenters. The number of hydrogen-bond donors (Lipinski definition) is 1. The first-order chi connectivity index (χ1) is 19.1. The Balaban J connectivity index is 1.04. The molecule has 1 N–H and O–H groups in total. The summed E-state index contributed by atoms with van der Waals surface area (Å²) in [5.41, 5.74) is 4.62. The van der Waals surface area contributed by atoms with E-state index in [1.165, 1.54) is 0 Å². The summed E-state index contributed by atoms with van der Waals surface area (Å²) in [4.78, 5) is 21.7. The Morgan fingerprint density at radius 2 is 1.51 bits per heavy atom. The maximum atomic E-state index is 12.8. The molecule has 0 radical (unpaired) electrons. The van der Waals surface area contributed by atoms with Crippen molar-refractivity contribution in [3.63, 3.8) is 0 Å². The maximum absolute atomic E-state index is 12.8. The summed E-state index contributed by atoms with van der Waals surface area (Å²) in [7, 11) is 2.14. The summed E-state index contributed by atoms with van der Waals surface area (Å²) in [6.45, 7) is 4.59. The third kappa shape index (κ3) is 5.78. The Labute approximate surface area is 228 Å². The highest BCUT2D eigenvalue weighted by atomic mass is 16.5. The van der Waals surface area contributed by atoms with Crippen LogP contribution in [0.4, 0.5) is 11.4 Å². The maximum Gasteiger partial charge on any atom is 0.278 e. The van der Waals surface area contributed by atoms with E-state index < -0.39 is 0 Å². The van der Waals surface area contributed by atoms with Crippen molar-refractivity contribution in [2.75, 3.05) is 43.4 Å². The molecule has 2 aliphatic rings. The van der Waals surface area contributed by atoms with Gasteiger partial charge in [0.15, 0.2) is 0 Å². The van der Waals surface area contributed by atoms with Crippen LogP contribution in [0.25, 0.3) is 0 Å². The molecule has 2 heterocycles. The Morgan fingerprint density at radius 3 is 2.23 bits per heavy atom. The molecule has 0 saturated carbocycles. The third-order valence-electron chi connectivity index (χ3n) is 7.00. The number of amides is 1. The minimum Gasteiger partial charge on any atom is -0.489 e. The van der Waals surface area contributed by atoms with E-state index in [0.717, 1.165) is 54.4 Å².